The molecule has 0 bridgehead atoms. The van der Waals surface area contributed by atoms with Gasteiger partial charge in [-0.2, -0.15) is 0 Å². The molecule has 0 radical (unpaired) electrons. The van der Waals surface area contributed by atoms with Crippen LogP contribution in [0.1, 0.15) is 22.9 Å². The molecule has 0 amide bonds. The topological polar surface area (TPSA) is 29.3 Å². The Balaban J connectivity index is 1.16. The van der Waals surface area contributed by atoms with E-state index in [1.165, 1.54) is 32.9 Å². The van der Waals surface area contributed by atoms with Crippen LogP contribution in [0.2, 0.25) is 0 Å². The van der Waals surface area contributed by atoms with Crippen LogP contribution < -0.4 is 5.32 Å². The van der Waals surface area contributed by atoms with Crippen LogP contribution >= 0.6 is 0 Å². The lowest BCUT2D eigenvalue weighted by atomic mass is 9.98. The van der Waals surface area contributed by atoms with Gasteiger partial charge in [0.2, 0.25) is 0 Å². The first-order chi connectivity index (χ1) is 21.3. The highest BCUT2D eigenvalue weighted by molar-refractivity contribution is 6.13. The second-order valence-electron chi connectivity index (χ2n) is 10.9. The van der Waals surface area contributed by atoms with Crippen LogP contribution in [0.3, 0.4) is 0 Å². The van der Waals surface area contributed by atoms with Crippen molar-refractivity contribution in [2.24, 2.45) is 4.99 Å². The number of nitrogens with one attached hydrogen (secondary N) is 1. The molecule has 0 fully saturated rings. The van der Waals surface area contributed by atoms with E-state index in [4.69, 9.17) is 4.99 Å². The first kappa shape index (κ1) is 25.1. The van der Waals surface area contributed by atoms with Crippen LogP contribution in [0.25, 0.3) is 44.3 Å². The van der Waals surface area contributed by atoms with E-state index in [-0.39, 0.29) is 6.17 Å². The van der Waals surface area contributed by atoms with Gasteiger partial charge in [-0.05, 0) is 64.2 Å². The predicted molar refractivity (Wildman–Crippen MR) is 179 cm³/mol. The molecule has 43 heavy (non-hydrogen) atoms. The SMILES string of the molecule is C1=C(c2cccc(-c3ccc(-n4c5ccccc5c5ccccc54)cc3)c2)NC(c2ccccc2)N=C1c1ccccc1. The first-order valence-corrected chi connectivity index (χ1v) is 14.7. The molecule has 0 saturated carbocycles. The average Bonchev–Trinajstić information content (AvgIpc) is 3.43. The Bertz CT molecular complexity index is 2080. The monoisotopic (exact) mass is 551 g/mol. The van der Waals surface area contributed by atoms with Crippen LogP contribution in [0.4, 0.5) is 0 Å². The summed E-state index contributed by atoms with van der Waals surface area (Å²) in [4.78, 5) is 5.08. The largest absolute Gasteiger partial charge is 0.360 e. The van der Waals surface area contributed by atoms with E-state index in [0.717, 1.165) is 33.8 Å². The van der Waals surface area contributed by atoms with E-state index in [2.05, 4.69) is 162 Å². The zero-order valence-corrected chi connectivity index (χ0v) is 23.6. The van der Waals surface area contributed by atoms with Gasteiger partial charge in [0.1, 0.15) is 6.17 Å². The van der Waals surface area contributed by atoms with Crippen molar-refractivity contribution in [3.05, 3.63) is 180 Å². The number of nitrogens with zero attached hydrogens (tertiary/aromatic N) is 2. The molecule has 7 aromatic rings. The molecule has 3 heteroatoms. The van der Waals surface area contributed by atoms with Crippen LogP contribution in [0.5, 0.6) is 0 Å². The lowest BCUT2D eigenvalue weighted by Crippen LogP contribution is -2.24. The van der Waals surface area contributed by atoms with Crippen LogP contribution in [0.15, 0.2) is 169 Å². The molecule has 6 aromatic carbocycles. The number of allylic oxidation sites excluding steroid dienone is 1. The van der Waals surface area contributed by atoms with Crippen molar-refractivity contribution in [2.75, 3.05) is 0 Å². The van der Waals surface area contributed by atoms with Gasteiger partial charge in [-0.3, -0.25) is 4.99 Å². The summed E-state index contributed by atoms with van der Waals surface area (Å²) in [5, 5.41) is 6.24. The van der Waals surface area contributed by atoms with Gasteiger partial charge in [0.25, 0.3) is 0 Å². The Morgan fingerprint density at radius 1 is 0.488 bits per heavy atom. The fourth-order valence-electron chi connectivity index (χ4n) is 6.13. The zero-order valence-electron chi connectivity index (χ0n) is 23.6. The minimum absolute atomic E-state index is 0.162. The average molecular weight is 552 g/mol. The zero-order chi connectivity index (χ0) is 28.6. The molecule has 2 heterocycles. The number of aliphatic imine (C=N–C) groups is 1. The van der Waals surface area contributed by atoms with E-state index in [9.17, 15) is 0 Å². The molecule has 1 atom stereocenters. The van der Waals surface area contributed by atoms with Crippen molar-refractivity contribution in [3.63, 3.8) is 0 Å². The number of benzene rings is 6. The quantitative estimate of drug-likeness (QED) is 0.227. The van der Waals surface area contributed by atoms with Gasteiger partial charge in [0, 0.05) is 22.2 Å². The number of rotatable bonds is 5. The predicted octanol–water partition coefficient (Wildman–Crippen LogP) is 9.58. The highest BCUT2D eigenvalue weighted by atomic mass is 15.1. The number of para-hydroxylation sites is 2. The van der Waals surface area contributed by atoms with Gasteiger partial charge in [-0.1, -0.05) is 127 Å². The Hall–Kier alpha value is -5.67. The number of hydrogen-bond donors (Lipinski definition) is 1. The van der Waals surface area contributed by atoms with E-state index >= 15 is 0 Å². The van der Waals surface area contributed by atoms with Crippen molar-refractivity contribution in [1.29, 1.82) is 0 Å². The maximum Gasteiger partial charge on any atom is 0.145 e. The third-order valence-corrected chi connectivity index (χ3v) is 8.24. The third kappa shape index (κ3) is 4.61. The molecule has 3 nitrogen and oxygen atoms in total. The Morgan fingerprint density at radius 3 is 1.77 bits per heavy atom. The molecule has 0 spiro atoms. The molecule has 1 aliphatic rings. The molecular weight excluding hydrogens is 522 g/mol. The van der Waals surface area contributed by atoms with Gasteiger partial charge in [0.05, 0.1) is 16.7 Å². The standard InChI is InChI=1S/C40H29N3/c1-3-12-29(13-4-1)36-27-37(42-40(41-36)30-14-5-2-6-15-30)32-17-11-16-31(26-32)28-22-24-33(25-23-28)43-38-20-9-7-18-34(38)35-19-8-10-21-39(35)43/h1-27,40,42H. The molecule has 204 valence electrons. The molecule has 0 saturated heterocycles. The third-order valence-electron chi connectivity index (χ3n) is 8.24. The van der Waals surface area contributed by atoms with Crippen molar-refractivity contribution in [3.8, 4) is 16.8 Å². The maximum atomic E-state index is 5.08. The highest BCUT2D eigenvalue weighted by Crippen LogP contribution is 2.33. The number of fused-ring (bicyclic) bond motifs is 3. The molecule has 1 N–H and O–H groups in total. The van der Waals surface area contributed by atoms with Crippen molar-refractivity contribution in [1.82, 2.24) is 9.88 Å². The van der Waals surface area contributed by atoms with Crippen LogP contribution in [-0.4, -0.2) is 10.3 Å². The summed E-state index contributed by atoms with van der Waals surface area (Å²) in [6.45, 7) is 0. The normalized spacial score (nSPS) is 14.7. The van der Waals surface area contributed by atoms with Gasteiger partial charge < -0.3 is 9.88 Å². The van der Waals surface area contributed by atoms with Crippen molar-refractivity contribution in [2.45, 2.75) is 6.17 Å². The van der Waals surface area contributed by atoms with E-state index in [0.29, 0.717) is 0 Å². The first-order valence-electron chi connectivity index (χ1n) is 14.7. The summed E-state index contributed by atoms with van der Waals surface area (Å²) < 4.78 is 2.36. The lowest BCUT2D eigenvalue weighted by molar-refractivity contribution is 0.664. The summed E-state index contributed by atoms with van der Waals surface area (Å²) >= 11 is 0. The Kier molecular flexibility index (Phi) is 6.20. The van der Waals surface area contributed by atoms with Crippen molar-refractivity contribution < 1.29 is 0 Å². The van der Waals surface area contributed by atoms with Crippen LogP contribution in [-0.2, 0) is 0 Å². The highest BCUT2D eigenvalue weighted by Gasteiger charge is 2.20. The second kappa shape index (κ2) is 10.6. The van der Waals surface area contributed by atoms with Crippen molar-refractivity contribution >= 4 is 33.2 Å². The molecular formula is C40H29N3. The molecule has 8 rings (SSSR count). The Morgan fingerprint density at radius 2 is 1.07 bits per heavy atom. The molecule has 1 aliphatic heterocycles. The molecule has 1 aromatic heterocycles. The van der Waals surface area contributed by atoms with E-state index < -0.39 is 0 Å². The van der Waals surface area contributed by atoms with Gasteiger partial charge in [0.15, 0.2) is 0 Å². The number of hydrogen-bond acceptors (Lipinski definition) is 2. The van der Waals surface area contributed by atoms with Gasteiger partial charge in [-0.25, -0.2) is 0 Å². The van der Waals surface area contributed by atoms with Gasteiger partial charge >= 0.3 is 0 Å². The molecule has 0 aliphatic carbocycles. The number of aromatic nitrogens is 1. The lowest BCUT2D eigenvalue weighted by Gasteiger charge is -2.25. The smallest absolute Gasteiger partial charge is 0.145 e. The summed E-state index contributed by atoms with van der Waals surface area (Å²) in [5.74, 6) is 0. The summed E-state index contributed by atoms with van der Waals surface area (Å²) in [6.07, 6.45) is 2.00. The molecule has 1 unspecified atom stereocenters. The minimum Gasteiger partial charge on any atom is -0.360 e. The maximum absolute atomic E-state index is 5.08. The second-order valence-corrected chi connectivity index (χ2v) is 10.9. The summed E-state index contributed by atoms with van der Waals surface area (Å²) in [7, 11) is 0. The fraction of sp³-hybridized carbons (Fsp3) is 0.0250. The van der Waals surface area contributed by atoms with Crippen LogP contribution in [0, 0.1) is 0 Å². The van der Waals surface area contributed by atoms with E-state index in [1.54, 1.807) is 0 Å². The summed E-state index contributed by atoms with van der Waals surface area (Å²) in [6, 6.07) is 55.8. The summed E-state index contributed by atoms with van der Waals surface area (Å²) in [5.41, 5.74) is 11.4. The van der Waals surface area contributed by atoms with Gasteiger partial charge in [-0.15, -0.1) is 0 Å². The fourth-order valence-corrected chi connectivity index (χ4v) is 6.13. The Labute approximate surface area is 251 Å². The van der Waals surface area contributed by atoms with E-state index in [1.807, 2.05) is 12.1 Å². The minimum atomic E-state index is -0.162.